The number of nitrogen functional groups attached to an aromatic ring is 1. The Morgan fingerprint density at radius 2 is 1.94 bits per heavy atom. The Bertz CT molecular complexity index is 387. The molecule has 98 valence electrons. The number of nitrogens with zero attached hydrogens (tertiary/aromatic N) is 3. The molecule has 0 radical (unpaired) electrons. The molecule has 0 saturated carbocycles. The van der Waals surface area contributed by atoms with Crippen molar-refractivity contribution in [2.45, 2.75) is 54.1 Å². The van der Waals surface area contributed by atoms with E-state index in [1.165, 1.54) is 0 Å². The first-order valence-corrected chi connectivity index (χ1v) is 6.25. The Balaban J connectivity index is 3.16. The topological polar surface area (TPSA) is 47.1 Å². The van der Waals surface area contributed by atoms with Crippen LogP contribution in [0.2, 0.25) is 0 Å². The van der Waals surface area contributed by atoms with Gasteiger partial charge in [0.1, 0.15) is 0 Å². The minimum Gasteiger partial charge on any atom is -0.394 e. The van der Waals surface area contributed by atoms with Gasteiger partial charge in [-0.05, 0) is 26.2 Å². The van der Waals surface area contributed by atoms with Crippen molar-refractivity contribution in [2.75, 3.05) is 17.7 Å². The van der Waals surface area contributed by atoms with Gasteiger partial charge < -0.3 is 10.6 Å². The van der Waals surface area contributed by atoms with E-state index in [9.17, 15) is 0 Å². The van der Waals surface area contributed by atoms with E-state index in [1.807, 2.05) is 11.6 Å². The third-order valence-electron chi connectivity index (χ3n) is 3.61. The summed E-state index contributed by atoms with van der Waals surface area (Å²) in [6, 6.07) is 0.395. The van der Waals surface area contributed by atoms with Crippen LogP contribution in [0.5, 0.6) is 0 Å². The highest BCUT2D eigenvalue weighted by Gasteiger charge is 2.27. The summed E-state index contributed by atoms with van der Waals surface area (Å²) in [6.07, 6.45) is 0. The zero-order valence-electron chi connectivity index (χ0n) is 12.2. The molecule has 0 aliphatic carbocycles. The fourth-order valence-corrected chi connectivity index (χ4v) is 1.94. The van der Waals surface area contributed by atoms with E-state index < -0.39 is 0 Å². The van der Waals surface area contributed by atoms with Crippen LogP contribution in [0.25, 0.3) is 0 Å². The standard InChI is InChI=1S/C13H26N4/c1-8-17-12(11(14)9(2)15-17)16(7)10(3)13(4,5)6/h10H,8,14H2,1-7H3. The third kappa shape index (κ3) is 2.56. The van der Waals surface area contributed by atoms with Crippen LogP contribution in [0.1, 0.15) is 40.3 Å². The second kappa shape index (κ2) is 4.59. The van der Waals surface area contributed by atoms with Gasteiger partial charge in [0.2, 0.25) is 0 Å². The lowest BCUT2D eigenvalue weighted by molar-refractivity contribution is 0.326. The molecule has 1 aromatic rings. The summed E-state index contributed by atoms with van der Waals surface area (Å²) in [7, 11) is 2.09. The van der Waals surface area contributed by atoms with Crippen LogP contribution in [0, 0.1) is 12.3 Å². The summed E-state index contributed by atoms with van der Waals surface area (Å²) in [5.74, 6) is 1.03. The molecule has 0 aromatic carbocycles. The Labute approximate surface area is 105 Å². The van der Waals surface area contributed by atoms with Crippen molar-refractivity contribution in [3.05, 3.63) is 5.69 Å². The van der Waals surface area contributed by atoms with Crippen LogP contribution in [0.15, 0.2) is 0 Å². The van der Waals surface area contributed by atoms with Gasteiger partial charge in [-0.25, -0.2) is 4.68 Å². The predicted octanol–water partition coefficient (Wildman–Crippen LogP) is 2.66. The lowest BCUT2D eigenvalue weighted by atomic mass is 9.87. The summed E-state index contributed by atoms with van der Waals surface area (Å²) in [5.41, 5.74) is 8.05. The summed E-state index contributed by atoms with van der Waals surface area (Å²) in [6.45, 7) is 13.8. The molecule has 17 heavy (non-hydrogen) atoms. The van der Waals surface area contributed by atoms with E-state index in [4.69, 9.17) is 5.73 Å². The molecule has 0 bridgehead atoms. The third-order valence-corrected chi connectivity index (χ3v) is 3.61. The predicted molar refractivity (Wildman–Crippen MR) is 74.4 cm³/mol. The summed E-state index contributed by atoms with van der Waals surface area (Å²) >= 11 is 0. The first-order chi connectivity index (χ1) is 7.70. The van der Waals surface area contributed by atoms with Crippen molar-refractivity contribution in [2.24, 2.45) is 5.41 Å². The Kier molecular flexibility index (Phi) is 3.74. The van der Waals surface area contributed by atoms with Crippen LogP contribution < -0.4 is 10.6 Å². The number of aromatic nitrogens is 2. The van der Waals surface area contributed by atoms with Gasteiger partial charge in [0, 0.05) is 19.6 Å². The van der Waals surface area contributed by atoms with Gasteiger partial charge in [-0.3, -0.25) is 0 Å². The Hall–Kier alpha value is -1.19. The van der Waals surface area contributed by atoms with Gasteiger partial charge in [0.25, 0.3) is 0 Å². The zero-order valence-corrected chi connectivity index (χ0v) is 12.2. The average molecular weight is 238 g/mol. The van der Waals surface area contributed by atoms with Crippen LogP contribution in [0.3, 0.4) is 0 Å². The van der Waals surface area contributed by atoms with E-state index in [-0.39, 0.29) is 5.41 Å². The summed E-state index contributed by atoms with van der Waals surface area (Å²) in [5, 5.41) is 4.46. The quantitative estimate of drug-likeness (QED) is 0.880. The maximum atomic E-state index is 6.14. The molecular weight excluding hydrogens is 212 g/mol. The Morgan fingerprint density at radius 3 is 2.35 bits per heavy atom. The van der Waals surface area contributed by atoms with Crippen LogP contribution in [-0.4, -0.2) is 22.9 Å². The molecule has 4 heteroatoms. The van der Waals surface area contributed by atoms with Crippen molar-refractivity contribution in [3.63, 3.8) is 0 Å². The highest BCUT2D eigenvalue weighted by atomic mass is 15.4. The van der Waals surface area contributed by atoms with Gasteiger partial charge in [-0.1, -0.05) is 20.8 Å². The molecule has 1 heterocycles. The first kappa shape index (κ1) is 13.9. The second-order valence-corrected chi connectivity index (χ2v) is 5.79. The van der Waals surface area contributed by atoms with E-state index in [1.54, 1.807) is 0 Å². The maximum Gasteiger partial charge on any atom is 0.150 e. The molecule has 1 unspecified atom stereocenters. The molecule has 0 saturated heterocycles. The van der Waals surface area contributed by atoms with Crippen molar-refractivity contribution in [3.8, 4) is 0 Å². The molecular formula is C13H26N4. The van der Waals surface area contributed by atoms with Crippen LogP contribution in [0.4, 0.5) is 11.5 Å². The fraction of sp³-hybridized carbons (Fsp3) is 0.769. The van der Waals surface area contributed by atoms with Crippen molar-refractivity contribution >= 4 is 11.5 Å². The van der Waals surface area contributed by atoms with Crippen LogP contribution >= 0.6 is 0 Å². The molecule has 0 aliphatic heterocycles. The minimum atomic E-state index is 0.206. The monoisotopic (exact) mass is 238 g/mol. The van der Waals surface area contributed by atoms with Crippen molar-refractivity contribution in [1.29, 1.82) is 0 Å². The number of hydrogen-bond acceptors (Lipinski definition) is 3. The van der Waals surface area contributed by atoms with E-state index in [0.717, 1.165) is 23.7 Å². The van der Waals surface area contributed by atoms with E-state index in [2.05, 4.69) is 51.7 Å². The summed E-state index contributed by atoms with van der Waals surface area (Å²) < 4.78 is 1.98. The molecule has 1 atom stereocenters. The van der Waals surface area contributed by atoms with Gasteiger partial charge >= 0.3 is 0 Å². The smallest absolute Gasteiger partial charge is 0.150 e. The highest BCUT2D eigenvalue weighted by Crippen LogP contribution is 2.32. The Morgan fingerprint density at radius 1 is 1.41 bits per heavy atom. The van der Waals surface area contributed by atoms with Crippen molar-refractivity contribution < 1.29 is 0 Å². The minimum absolute atomic E-state index is 0.206. The SMILES string of the molecule is CCn1nc(C)c(N)c1N(C)C(C)C(C)(C)C. The molecule has 0 spiro atoms. The fourth-order valence-electron chi connectivity index (χ4n) is 1.94. The van der Waals surface area contributed by atoms with Gasteiger partial charge in [0.05, 0.1) is 11.4 Å². The van der Waals surface area contributed by atoms with E-state index >= 15 is 0 Å². The normalized spacial score (nSPS) is 13.8. The maximum absolute atomic E-state index is 6.14. The average Bonchev–Trinajstić information content (AvgIpc) is 2.51. The molecule has 4 nitrogen and oxygen atoms in total. The van der Waals surface area contributed by atoms with Gasteiger partial charge in [0.15, 0.2) is 5.82 Å². The van der Waals surface area contributed by atoms with Crippen LogP contribution in [-0.2, 0) is 6.54 Å². The molecule has 1 aromatic heterocycles. The van der Waals surface area contributed by atoms with Gasteiger partial charge in [-0.15, -0.1) is 0 Å². The van der Waals surface area contributed by atoms with E-state index in [0.29, 0.717) is 6.04 Å². The van der Waals surface area contributed by atoms with Gasteiger partial charge in [-0.2, -0.15) is 5.10 Å². The molecule has 2 N–H and O–H groups in total. The second-order valence-electron chi connectivity index (χ2n) is 5.79. The molecule has 0 aliphatic rings. The number of rotatable bonds is 3. The number of anilines is 2. The number of aryl methyl sites for hydroxylation is 2. The number of hydrogen-bond donors (Lipinski definition) is 1. The zero-order chi connectivity index (χ0) is 13.4. The highest BCUT2D eigenvalue weighted by molar-refractivity contribution is 5.66. The largest absolute Gasteiger partial charge is 0.394 e. The van der Waals surface area contributed by atoms with Crippen molar-refractivity contribution in [1.82, 2.24) is 9.78 Å². The lowest BCUT2D eigenvalue weighted by Gasteiger charge is -2.37. The molecule has 1 rings (SSSR count). The molecule has 0 fully saturated rings. The molecule has 0 amide bonds. The summed E-state index contributed by atoms with van der Waals surface area (Å²) in [4.78, 5) is 2.23. The first-order valence-electron chi connectivity index (χ1n) is 6.25. The number of nitrogens with two attached hydrogens (primary N) is 1. The lowest BCUT2D eigenvalue weighted by Crippen LogP contribution is -2.40.